The topological polar surface area (TPSA) is 50.2 Å². The number of hydrogen-bond donors (Lipinski definition) is 1. The van der Waals surface area contributed by atoms with Gasteiger partial charge in [-0.2, -0.15) is 0 Å². The average molecular weight is 997 g/mol. The minimum atomic E-state index is -1.75. The Bertz CT molecular complexity index is 2730. The molecule has 0 fully saturated rings. The maximum absolute atomic E-state index is 11.8. The first kappa shape index (κ1) is 44.1. The maximum Gasteiger partial charge on any atom is 0.189 e. The third-order valence-electron chi connectivity index (χ3n) is 13.8. The van der Waals surface area contributed by atoms with Crippen LogP contribution in [0.1, 0.15) is 106 Å². The van der Waals surface area contributed by atoms with Gasteiger partial charge in [-0.15, -0.1) is 34.9 Å². The molecule has 2 aliphatic rings. The second-order valence-electron chi connectivity index (χ2n) is 18.5. The van der Waals surface area contributed by atoms with Crippen LogP contribution < -0.4 is 5.19 Å². The number of aromatic nitrogens is 1. The maximum atomic E-state index is 11.8. The molecule has 1 heterocycles. The molecule has 6 aromatic carbocycles. The predicted octanol–water partition coefficient (Wildman–Crippen LogP) is 14.4. The largest absolute Gasteiger partial charge is 0.507 e. The van der Waals surface area contributed by atoms with Crippen LogP contribution in [-0.2, 0) is 38.4 Å². The number of aryl methyl sites for hydroxylation is 2. The minimum Gasteiger partial charge on any atom is -0.507 e. The van der Waals surface area contributed by atoms with Crippen LogP contribution >= 0.6 is 0 Å². The summed E-state index contributed by atoms with van der Waals surface area (Å²) in [6, 6.07) is 45.4. The van der Waals surface area contributed by atoms with E-state index < -0.39 is 8.07 Å². The van der Waals surface area contributed by atoms with Gasteiger partial charge in [-0.25, -0.2) is 0 Å². The molecule has 1 radical (unpaired) electrons. The molecular formula is C56H58IrNO2Si-. The molecule has 3 nitrogen and oxygen atoms in total. The zero-order valence-corrected chi connectivity index (χ0v) is 40.3. The molecule has 0 unspecified atom stereocenters. The van der Waals surface area contributed by atoms with E-state index in [1.165, 1.54) is 86.7 Å². The second-order valence-corrected chi connectivity index (χ2v) is 24.4. The van der Waals surface area contributed by atoms with Crippen molar-refractivity contribution in [2.24, 2.45) is 0 Å². The van der Waals surface area contributed by atoms with Crippen LogP contribution in [0.5, 0.6) is 0 Å². The predicted molar refractivity (Wildman–Crippen MR) is 256 cm³/mol. The molecule has 5 heteroatoms. The number of allylic oxidation sites excluding steroid dienone is 1. The number of ketones is 1. The fourth-order valence-electron chi connectivity index (χ4n) is 11.0. The van der Waals surface area contributed by atoms with Gasteiger partial charge in [-0.1, -0.05) is 171 Å². The Labute approximate surface area is 377 Å². The number of hydrogen-bond acceptors (Lipinski definition) is 3. The Hall–Kier alpha value is -4.93. The Balaban J connectivity index is 0.000000262. The smallest absolute Gasteiger partial charge is 0.189 e. The van der Waals surface area contributed by atoms with Gasteiger partial charge in [0.15, 0.2) is 5.78 Å². The van der Waals surface area contributed by atoms with Gasteiger partial charge in [0.05, 0.1) is 8.07 Å². The van der Waals surface area contributed by atoms with Crippen molar-refractivity contribution in [3.05, 3.63) is 173 Å². The van der Waals surface area contributed by atoms with Crippen molar-refractivity contribution in [2.45, 2.75) is 103 Å². The Morgan fingerprint density at radius 1 is 0.689 bits per heavy atom. The number of nitrogens with zero attached hydrogens (tertiary/aromatic N) is 1. The van der Waals surface area contributed by atoms with E-state index in [0.29, 0.717) is 27.8 Å². The van der Waals surface area contributed by atoms with E-state index in [2.05, 4.69) is 122 Å². The van der Waals surface area contributed by atoms with Gasteiger partial charge >= 0.3 is 0 Å². The molecule has 0 bridgehead atoms. The molecule has 1 aromatic heterocycles. The third-order valence-corrected chi connectivity index (χ3v) is 20.9. The van der Waals surface area contributed by atoms with Crippen molar-refractivity contribution >= 4 is 46.3 Å². The summed E-state index contributed by atoms with van der Waals surface area (Å²) in [4.78, 5) is 16.7. The first-order valence-electron chi connectivity index (χ1n) is 21.9. The number of aliphatic hydroxyl groups is 1. The van der Waals surface area contributed by atoms with E-state index in [1.807, 2.05) is 30.5 Å². The molecule has 0 spiro atoms. The van der Waals surface area contributed by atoms with E-state index in [0.717, 1.165) is 11.3 Å². The molecule has 61 heavy (non-hydrogen) atoms. The Kier molecular flexibility index (Phi) is 12.9. The van der Waals surface area contributed by atoms with Crippen LogP contribution in [0.15, 0.2) is 134 Å². The minimum absolute atomic E-state index is 0. The fourth-order valence-corrected chi connectivity index (χ4v) is 17.8. The van der Waals surface area contributed by atoms with E-state index >= 15 is 0 Å². The van der Waals surface area contributed by atoms with Crippen molar-refractivity contribution < 1.29 is 30.0 Å². The molecular weight excluding hydrogens is 939 g/mol. The summed E-state index contributed by atoms with van der Waals surface area (Å²) in [5.74, 6) is -0.216. The summed E-state index contributed by atoms with van der Waals surface area (Å²) in [6.07, 6.45) is 8.16. The SMILES string of the molecule is CC(C)[Si](c1ccc2c(c1)C(C)(C)c1cc3c(ccc4c(-c5[c-]cc6c(c5)CCCC6)nccc43)cc1-2)(C(C)C)C(C)C.O=C(/C=C(\O)c1ccccc1)c1ccccc1.[Ir]. The number of pyridine rings is 1. The van der Waals surface area contributed by atoms with Gasteiger partial charge < -0.3 is 10.1 Å². The monoisotopic (exact) mass is 997 g/mol. The number of carbonyl (C=O) groups excluding carboxylic acids is 1. The summed E-state index contributed by atoms with van der Waals surface area (Å²) in [6.45, 7) is 19.7. The Morgan fingerprint density at radius 2 is 1.31 bits per heavy atom. The van der Waals surface area contributed by atoms with Crippen molar-refractivity contribution in [1.29, 1.82) is 0 Å². The molecule has 0 atom stereocenters. The van der Waals surface area contributed by atoms with Crippen molar-refractivity contribution in [2.75, 3.05) is 0 Å². The molecule has 0 amide bonds. The summed E-state index contributed by atoms with van der Waals surface area (Å²) in [5, 5.41) is 16.6. The zero-order valence-electron chi connectivity index (χ0n) is 36.9. The van der Waals surface area contributed by atoms with Gasteiger partial charge in [0, 0.05) is 48.9 Å². The summed E-state index contributed by atoms with van der Waals surface area (Å²) in [5.41, 5.74) is 14.1. The molecule has 313 valence electrons. The van der Waals surface area contributed by atoms with Crippen molar-refractivity contribution in [3.8, 4) is 22.4 Å². The fraction of sp³-hybridized carbons (Fsp3) is 0.286. The van der Waals surface area contributed by atoms with Gasteiger partial charge in [-0.3, -0.25) is 4.79 Å². The van der Waals surface area contributed by atoms with E-state index in [1.54, 1.807) is 41.6 Å². The summed E-state index contributed by atoms with van der Waals surface area (Å²) >= 11 is 0. The number of carbonyl (C=O) groups is 1. The van der Waals surface area contributed by atoms with Gasteiger partial charge in [0.25, 0.3) is 0 Å². The van der Waals surface area contributed by atoms with Gasteiger partial charge in [0.2, 0.25) is 0 Å². The molecule has 0 aliphatic heterocycles. The van der Waals surface area contributed by atoms with E-state index in [-0.39, 0.29) is 37.1 Å². The number of rotatable bonds is 8. The first-order chi connectivity index (χ1) is 28.8. The van der Waals surface area contributed by atoms with Gasteiger partial charge in [0.1, 0.15) is 5.76 Å². The van der Waals surface area contributed by atoms with Crippen LogP contribution in [0.25, 0.3) is 49.7 Å². The van der Waals surface area contributed by atoms with Crippen molar-refractivity contribution in [3.63, 3.8) is 0 Å². The molecule has 9 rings (SSSR count). The molecule has 0 saturated heterocycles. The average Bonchev–Trinajstić information content (AvgIpc) is 3.47. The molecule has 2 aliphatic carbocycles. The first-order valence-corrected chi connectivity index (χ1v) is 24.2. The number of benzene rings is 6. The quantitative estimate of drug-likeness (QED) is 0.0412. The van der Waals surface area contributed by atoms with E-state index in [9.17, 15) is 9.90 Å². The van der Waals surface area contributed by atoms with Crippen molar-refractivity contribution in [1.82, 2.24) is 4.98 Å². The second kappa shape index (κ2) is 17.8. The number of aliphatic hydroxyl groups excluding tert-OH is 1. The summed E-state index contributed by atoms with van der Waals surface area (Å²) < 4.78 is 0. The molecule has 0 saturated carbocycles. The van der Waals surface area contributed by atoms with Crippen LogP contribution in [0.4, 0.5) is 0 Å². The van der Waals surface area contributed by atoms with Crippen LogP contribution in [0, 0.1) is 6.07 Å². The Morgan fingerprint density at radius 3 is 1.97 bits per heavy atom. The molecule has 1 N–H and O–H groups in total. The summed E-state index contributed by atoms with van der Waals surface area (Å²) in [7, 11) is -1.75. The zero-order chi connectivity index (χ0) is 42.3. The number of fused-ring (bicyclic) bond motifs is 7. The third kappa shape index (κ3) is 8.02. The van der Waals surface area contributed by atoms with Gasteiger partial charge in [-0.05, 0) is 90.7 Å². The van der Waals surface area contributed by atoms with E-state index in [4.69, 9.17) is 4.98 Å². The standard InChI is InChI=1S/C41H46NSi.C15H12O2.Ir/c1-25(2)43(26(3)4,27(5)6)32-16-18-34-37-22-30-15-17-35-33(36(30)24-39(37)41(7,8)38(34)23-32)19-20-42-40(35)31-14-13-28-11-9-10-12-29(28)21-31;16-14(12-7-3-1-4-8-12)11-15(17)13-9-5-2-6-10-13;/h13,15-27H,9-12H2,1-8H3;1-11,16H;/q-1;;/b;14-11-;. The van der Waals surface area contributed by atoms with Crippen LogP contribution in [0.2, 0.25) is 16.6 Å². The normalized spacial score (nSPS) is 14.3. The van der Waals surface area contributed by atoms with Crippen LogP contribution in [0.3, 0.4) is 0 Å². The van der Waals surface area contributed by atoms with Crippen LogP contribution in [-0.4, -0.2) is 23.9 Å². The molecule has 7 aromatic rings.